The molecular formula is C16H19ClN2O3S2. The Hall–Kier alpha value is -1.31. The first-order valence-electron chi connectivity index (χ1n) is 7.64. The standard InChI is InChI=1S/C16H19ClN2O3S2/c1-11(15(21)18-13-7-3-2-6-12(13)17)22-14(20)10-24-16(23)19-8-4-5-9-19/h2-3,6-7,11H,4-5,8-10H2,1H3,(H,18,21)/t11-/m1/s1. The maximum atomic E-state index is 12.1. The van der Waals surface area contributed by atoms with Crippen molar-refractivity contribution in [2.24, 2.45) is 0 Å². The van der Waals surface area contributed by atoms with Gasteiger partial charge in [0.05, 0.1) is 16.5 Å². The number of halogens is 1. The number of amides is 1. The number of benzene rings is 1. The number of likely N-dealkylation sites (tertiary alicyclic amines) is 1. The van der Waals surface area contributed by atoms with E-state index in [1.165, 1.54) is 18.7 Å². The van der Waals surface area contributed by atoms with Gasteiger partial charge in [-0.05, 0) is 31.9 Å². The van der Waals surface area contributed by atoms with Crippen LogP contribution >= 0.6 is 35.6 Å². The van der Waals surface area contributed by atoms with Crippen LogP contribution in [0.4, 0.5) is 5.69 Å². The van der Waals surface area contributed by atoms with Gasteiger partial charge in [0.1, 0.15) is 4.32 Å². The molecule has 1 saturated heterocycles. The molecule has 130 valence electrons. The van der Waals surface area contributed by atoms with E-state index in [1.54, 1.807) is 24.3 Å². The van der Waals surface area contributed by atoms with Gasteiger partial charge in [0, 0.05) is 13.1 Å². The average Bonchev–Trinajstić information content (AvgIpc) is 3.09. The zero-order valence-electron chi connectivity index (χ0n) is 13.3. The molecule has 1 heterocycles. The second kappa shape index (κ2) is 9.25. The molecule has 1 aliphatic heterocycles. The number of nitrogens with one attached hydrogen (secondary N) is 1. The Kier molecular flexibility index (Phi) is 7.33. The summed E-state index contributed by atoms with van der Waals surface area (Å²) in [4.78, 5) is 26.0. The number of anilines is 1. The molecule has 1 fully saturated rings. The number of carbonyl (C=O) groups is 2. The van der Waals surface area contributed by atoms with Crippen LogP contribution < -0.4 is 5.32 Å². The number of thiocarbonyl (C=S) groups is 1. The van der Waals surface area contributed by atoms with Crippen molar-refractivity contribution in [3.8, 4) is 0 Å². The molecule has 24 heavy (non-hydrogen) atoms. The van der Waals surface area contributed by atoms with Crippen molar-refractivity contribution in [2.75, 3.05) is 24.2 Å². The minimum absolute atomic E-state index is 0.0963. The van der Waals surface area contributed by atoms with Gasteiger partial charge in [0.15, 0.2) is 6.10 Å². The van der Waals surface area contributed by atoms with E-state index in [1.807, 2.05) is 0 Å². The molecule has 2 rings (SSSR count). The van der Waals surface area contributed by atoms with Crippen molar-refractivity contribution >= 4 is 57.5 Å². The fraction of sp³-hybridized carbons (Fsp3) is 0.438. The molecule has 0 aromatic heterocycles. The van der Waals surface area contributed by atoms with E-state index >= 15 is 0 Å². The number of para-hydroxylation sites is 1. The molecule has 0 unspecified atom stereocenters. The second-order valence-corrected chi connectivity index (χ2v) is 7.37. The summed E-state index contributed by atoms with van der Waals surface area (Å²) in [6.07, 6.45) is 1.35. The molecule has 8 heteroatoms. The van der Waals surface area contributed by atoms with Crippen molar-refractivity contribution in [3.05, 3.63) is 29.3 Å². The first-order chi connectivity index (χ1) is 11.5. The summed E-state index contributed by atoms with van der Waals surface area (Å²) in [7, 11) is 0. The lowest BCUT2D eigenvalue weighted by molar-refractivity contribution is -0.150. The van der Waals surface area contributed by atoms with Crippen molar-refractivity contribution in [3.63, 3.8) is 0 Å². The summed E-state index contributed by atoms with van der Waals surface area (Å²) in [5.74, 6) is -0.800. The number of ether oxygens (including phenoxy) is 1. The number of carbonyl (C=O) groups excluding carboxylic acids is 2. The first kappa shape index (κ1) is 19.0. The van der Waals surface area contributed by atoms with E-state index in [0.29, 0.717) is 15.0 Å². The number of nitrogens with zero attached hydrogens (tertiary/aromatic N) is 1. The summed E-state index contributed by atoms with van der Waals surface area (Å²) in [5.41, 5.74) is 0.483. The van der Waals surface area contributed by atoms with Gasteiger partial charge in [0.2, 0.25) is 0 Å². The lowest BCUT2D eigenvalue weighted by Crippen LogP contribution is -2.31. The van der Waals surface area contributed by atoms with Crippen molar-refractivity contribution < 1.29 is 14.3 Å². The fourth-order valence-corrected chi connectivity index (χ4v) is 3.41. The molecule has 0 aliphatic carbocycles. The predicted octanol–water partition coefficient (Wildman–Crippen LogP) is 3.32. The zero-order chi connectivity index (χ0) is 17.5. The van der Waals surface area contributed by atoms with Crippen molar-refractivity contribution in [1.82, 2.24) is 4.90 Å². The molecule has 5 nitrogen and oxygen atoms in total. The Labute approximate surface area is 156 Å². The Bertz CT molecular complexity index is 621. The second-order valence-electron chi connectivity index (χ2n) is 5.35. The van der Waals surface area contributed by atoms with Crippen molar-refractivity contribution in [1.29, 1.82) is 0 Å². The number of hydrogen-bond acceptors (Lipinski definition) is 5. The zero-order valence-corrected chi connectivity index (χ0v) is 15.7. The molecule has 0 saturated carbocycles. The number of hydrogen-bond donors (Lipinski definition) is 1. The van der Waals surface area contributed by atoms with E-state index in [-0.39, 0.29) is 5.75 Å². The summed E-state index contributed by atoms with van der Waals surface area (Å²) >= 11 is 12.5. The van der Waals surface area contributed by atoms with Gasteiger partial charge in [0.25, 0.3) is 5.91 Å². The SMILES string of the molecule is C[C@@H](OC(=O)CSC(=S)N1CCCC1)C(=O)Nc1ccccc1Cl. The van der Waals surface area contributed by atoms with Gasteiger partial charge in [-0.1, -0.05) is 47.7 Å². The predicted molar refractivity (Wildman–Crippen MR) is 101 cm³/mol. The van der Waals surface area contributed by atoms with Crippen LogP contribution in [0.5, 0.6) is 0 Å². The maximum Gasteiger partial charge on any atom is 0.317 e. The van der Waals surface area contributed by atoms with E-state index in [4.69, 9.17) is 28.6 Å². The Morgan fingerprint density at radius 1 is 1.38 bits per heavy atom. The molecule has 1 aromatic carbocycles. The van der Waals surface area contributed by atoms with Crippen molar-refractivity contribution in [2.45, 2.75) is 25.9 Å². The Morgan fingerprint density at radius 3 is 2.71 bits per heavy atom. The van der Waals surface area contributed by atoms with E-state index in [0.717, 1.165) is 25.9 Å². The van der Waals surface area contributed by atoms with Gasteiger partial charge >= 0.3 is 5.97 Å². The van der Waals surface area contributed by atoms with Crippen LogP contribution in [0.1, 0.15) is 19.8 Å². The van der Waals surface area contributed by atoms with Gasteiger partial charge in [-0.15, -0.1) is 0 Å². The third-order valence-electron chi connectivity index (χ3n) is 3.49. The molecule has 0 spiro atoms. The number of esters is 1. The molecule has 1 N–H and O–H groups in total. The molecule has 0 radical (unpaired) electrons. The summed E-state index contributed by atoms with van der Waals surface area (Å²) in [6.45, 7) is 3.41. The molecule has 0 bridgehead atoms. The minimum atomic E-state index is -0.908. The highest BCUT2D eigenvalue weighted by Crippen LogP contribution is 2.21. The van der Waals surface area contributed by atoms with Gasteiger partial charge in [-0.2, -0.15) is 0 Å². The summed E-state index contributed by atoms with van der Waals surface area (Å²) in [6, 6.07) is 6.87. The van der Waals surface area contributed by atoms with E-state index in [9.17, 15) is 9.59 Å². The molecule has 1 atom stereocenters. The lowest BCUT2D eigenvalue weighted by atomic mass is 10.3. The van der Waals surface area contributed by atoms with Gasteiger partial charge in [-0.25, -0.2) is 0 Å². The van der Waals surface area contributed by atoms with Crippen LogP contribution in [0.15, 0.2) is 24.3 Å². The largest absolute Gasteiger partial charge is 0.452 e. The normalized spacial score (nSPS) is 15.0. The fourth-order valence-electron chi connectivity index (χ4n) is 2.19. The highest BCUT2D eigenvalue weighted by Gasteiger charge is 2.20. The topological polar surface area (TPSA) is 58.6 Å². The minimum Gasteiger partial charge on any atom is -0.452 e. The van der Waals surface area contributed by atoms with Crippen LogP contribution in [0.2, 0.25) is 5.02 Å². The number of rotatable bonds is 5. The quantitative estimate of drug-likeness (QED) is 0.618. The highest BCUT2D eigenvalue weighted by molar-refractivity contribution is 8.23. The van der Waals surface area contributed by atoms with Gasteiger partial charge < -0.3 is 15.0 Å². The molecule has 1 amide bonds. The molecular weight excluding hydrogens is 368 g/mol. The number of thioether (sulfide) groups is 1. The Balaban J connectivity index is 1.75. The Morgan fingerprint density at radius 2 is 2.04 bits per heavy atom. The third-order valence-corrected chi connectivity index (χ3v) is 5.31. The van der Waals surface area contributed by atoms with E-state index < -0.39 is 18.0 Å². The van der Waals surface area contributed by atoms with Crippen LogP contribution in [0, 0.1) is 0 Å². The average molecular weight is 387 g/mol. The van der Waals surface area contributed by atoms with Crippen LogP contribution in [-0.4, -0.2) is 46.0 Å². The van der Waals surface area contributed by atoms with Crippen LogP contribution in [0.3, 0.4) is 0 Å². The first-order valence-corrected chi connectivity index (χ1v) is 9.41. The van der Waals surface area contributed by atoms with Crippen LogP contribution in [0.25, 0.3) is 0 Å². The highest BCUT2D eigenvalue weighted by atomic mass is 35.5. The lowest BCUT2D eigenvalue weighted by Gasteiger charge is -2.18. The maximum absolute atomic E-state index is 12.1. The van der Waals surface area contributed by atoms with Crippen LogP contribution in [-0.2, 0) is 14.3 Å². The molecule has 1 aromatic rings. The monoisotopic (exact) mass is 386 g/mol. The van der Waals surface area contributed by atoms with Gasteiger partial charge in [-0.3, -0.25) is 9.59 Å². The summed E-state index contributed by atoms with van der Waals surface area (Å²) in [5, 5.41) is 3.06. The third kappa shape index (κ3) is 5.65. The molecule has 1 aliphatic rings. The summed E-state index contributed by atoms with van der Waals surface area (Å²) < 4.78 is 5.85. The van der Waals surface area contributed by atoms with E-state index in [2.05, 4.69) is 10.2 Å². The smallest absolute Gasteiger partial charge is 0.317 e.